The number of hydrogen-bond donors (Lipinski definition) is 1. The van der Waals surface area contributed by atoms with Crippen LogP contribution in [0, 0.1) is 5.92 Å². The van der Waals surface area contributed by atoms with Crippen LogP contribution in [0.2, 0.25) is 0 Å². The van der Waals surface area contributed by atoms with E-state index in [4.69, 9.17) is 10.7 Å². The summed E-state index contributed by atoms with van der Waals surface area (Å²) in [4.78, 5) is 11.8. The van der Waals surface area contributed by atoms with E-state index in [2.05, 4.69) is 16.8 Å². The molecule has 114 valence electrons. The molecule has 2 heterocycles. The van der Waals surface area contributed by atoms with E-state index in [1.54, 1.807) is 0 Å². The van der Waals surface area contributed by atoms with Crippen molar-refractivity contribution in [2.45, 2.75) is 63.7 Å². The van der Waals surface area contributed by atoms with Gasteiger partial charge in [-0.1, -0.05) is 19.8 Å². The van der Waals surface area contributed by atoms with Gasteiger partial charge in [0.15, 0.2) is 0 Å². The molecule has 0 aromatic carbocycles. The molecule has 4 nitrogen and oxygen atoms in total. The average Bonchev–Trinajstić information content (AvgIpc) is 3.09. The van der Waals surface area contributed by atoms with Gasteiger partial charge in [-0.25, -0.2) is 4.98 Å². The summed E-state index contributed by atoms with van der Waals surface area (Å²) < 4.78 is 0. The number of hydrogen-bond acceptors (Lipinski definition) is 4. The van der Waals surface area contributed by atoms with Crippen molar-refractivity contribution in [3.8, 4) is 0 Å². The Morgan fingerprint density at radius 1 is 1.14 bits per heavy atom. The van der Waals surface area contributed by atoms with Gasteiger partial charge in [0, 0.05) is 24.1 Å². The minimum absolute atomic E-state index is 0.324. The minimum Gasteiger partial charge on any atom is -0.368 e. The maximum absolute atomic E-state index is 6.09. The van der Waals surface area contributed by atoms with Crippen LogP contribution < -0.4 is 10.6 Å². The highest BCUT2D eigenvalue weighted by Crippen LogP contribution is 2.49. The molecule has 0 unspecified atom stereocenters. The predicted molar refractivity (Wildman–Crippen MR) is 85.5 cm³/mol. The van der Waals surface area contributed by atoms with E-state index in [1.807, 2.05) is 0 Å². The van der Waals surface area contributed by atoms with Gasteiger partial charge in [-0.2, -0.15) is 4.98 Å². The molecule has 0 radical (unpaired) electrons. The number of nitrogens with zero attached hydrogens (tertiary/aromatic N) is 3. The summed E-state index contributed by atoms with van der Waals surface area (Å²) in [5.41, 5.74) is 9.15. The van der Waals surface area contributed by atoms with Crippen LogP contribution in [0.1, 0.15) is 63.1 Å². The number of aromatic nitrogens is 2. The highest BCUT2D eigenvalue weighted by atomic mass is 15.2. The second-order valence-corrected chi connectivity index (χ2v) is 7.41. The van der Waals surface area contributed by atoms with Gasteiger partial charge in [0.2, 0.25) is 5.95 Å². The van der Waals surface area contributed by atoms with Gasteiger partial charge in [-0.15, -0.1) is 0 Å². The van der Waals surface area contributed by atoms with E-state index in [0.717, 1.165) is 31.2 Å². The molecule has 4 heteroatoms. The number of nitrogen functional groups attached to an aromatic ring is 1. The Morgan fingerprint density at radius 3 is 2.62 bits per heavy atom. The lowest BCUT2D eigenvalue weighted by Crippen LogP contribution is -2.33. The van der Waals surface area contributed by atoms with Gasteiger partial charge in [-0.3, -0.25) is 0 Å². The largest absolute Gasteiger partial charge is 0.368 e. The standard InChI is InChI=1S/C17H26N4/c1-12-6-10-21(11-12)15-13-5-4-9-17(7-2-3-8-17)14(13)19-16(18)20-15/h12H,2-11H2,1H3,(H2,18,19,20)/t12-/m0/s1. The Kier molecular flexibility index (Phi) is 3.09. The first-order valence-electron chi connectivity index (χ1n) is 8.60. The van der Waals surface area contributed by atoms with Gasteiger partial charge < -0.3 is 10.6 Å². The molecule has 2 aliphatic carbocycles. The molecule has 1 aromatic heterocycles. The van der Waals surface area contributed by atoms with Crippen LogP contribution in [0.25, 0.3) is 0 Å². The highest BCUT2D eigenvalue weighted by molar-refractivity contribution is 5.55. The predicted octanol–water partition coefficient (Wildman–Crippen LogP) is 3.05. The molecule has 1 atom stereocenters. The molecule has 3 aliphatic rings. The molecule has 1 aliphatic heterocycles. The third-order valence-corrected chi connectivity index (χ3v) is 5.87. The molecule has 2 fully saturated rings. The van der Waals surface area contributed by atoms with Crippen molar-refractivity contribution in [3.05, 3.63) is 11.3 Å². The Morgan fingerprint density at radius 2 is 1.90 bits per heavy atom. The van der Waals surface area contributed by atoms with E-state index >= 15 is 0 Å². The second kappa shape index (κ2) is 4.85. The summed E-state index contributed by atoms with van der Waals surface area (Å²) in [5, 5.41) is 0. The van der Waals surface area contributed by atoms with Crippen molar-refractivity contribution in [2.24, 2.45) is 5.92 Å². The van der Waals surface area contributed by atoms with Crippen molar-refractivity contribution in [2.75, 3.05) is 23.7 Å². The van der Waals surface area contributed by atoms with E-state index in [0.29, 0.717) is 11.4 Å². The maximum Gasteiger partial charge on any atom is 0.222 e. The fraction of sp³-hybridized carbons (Fsp3) is 0.765. The first kappa shape index (κ1) is 13.4. The average molecular weight is 286 g/mol. The van der Waals surface area contributed by atoms with Crippen LogP contribution in [0.3, 0.4) is 0 Å². The van der Waals surface area contributed by atoms with Crippen LogP contribution in [-0.4, -0.2) is 23.1 Å². The minimum atomic E-state index is 0.324. The van der Waals surface area contributed by atoms with Crippen molar-refractivity contribution >= 4 is 11.8 Å². The van der Waals surface area contributed by atoms with Crippen LogP contribution >= 0.6 is 0 Å². The molecule has 1 aromatic rings. The quantitative estimate of drug-likeness (QED) is 0.862. The maximum atomic E-state index is 6.09. The van der Waals surface area contributed by atoms with Crippen molar-refractivity contribution in [1.82, 2.24) is 9.97 Å². The molecule has 2 N–H and O–H groups in total. The molecule has 1 saturated carbocycles. The molecule has 1 spiro atoms. The zero-order valence-electron chi connectivity index (χ0n) is 13.1. The number of anilines is 2. The fourth-order valence-electron chi connectivity index (χ4n) is 4.81. The van der Waals surface area contributed by atoms with Crippen molar-refractivity contribution in [1.29, 1.82) is 0 Å². The van der Waals surface area contributed by atoms with Gasteiger partial charge in [0.1, 0.15) is 5.82 Å². The van der Waals surface area contributed by atoms with Crippen molar-refractivity contribution < 1.29 is 0 Å². The van der Waals surface area contributed by atoms with E-state index < -0.39 is 0 Å². The molecule has 0 bridgehead atoms. The van der Waals surface area contributed by atoms with Gasteiger partial charge in [-0.05, 0) is 44.4 Å². The monoisotopic (exact) mass is 286 g/mol. The lowest BCUT2D eigenvalue weighted by Gasteiger charge is -2.36. The molecule has 0 amide bonds. The summed E-state index contributed by atoms with van der Waals surface area (Å²) in [6.07, 6.45) is 10.3. The van der Waals surface area contributed by atoms with Crippen LogP contribution in [0.5, 0.6) is 0 Å². The Hall–Kier alpha value is -1.32. The van der Waals surface area contributed by atoms with Gasteiger partial charge in [0.05, 0.1) is 5.69 Å². The fourth-order valence-corrected chi connectivity index (χ4v) is 4.81. The van der Waals surface area contributed by atoms with Crippen LogP contribution in [0.4, 0.5) is 11.8 Å². The normalized spacial score (nSPS) is 27.3. The van der Waals surface area contributed by atoms with E-state index in [9.17, 15) is 0 Å². The summed E-state index contributed by atoms with van der Waals surface area (Å²) in [6.45, 7) is 4.57. The summed E-state index contributed by atoms with van der Waals surface area (Å²) in [7, 11) is 0. The zero-order chi connectivity index (χ0) is 14.4. The number of nitrogens with two attached hydrogens (primary N) is 1. The lowest BCUT2D eigenvalue weighted by atomic mass is 9.71. The second-order valence-electron chi connectivity index (χ2n) is 7.41. The third-order valence-electron chi connectivity index (χ3n) is 5.87. The van der Waals surface area contributed by atoms with E-state index in [1.165, 1.54) is 56.2 Å². The topological polar surface area (TPSA) is 55.0 Å². The van der Waals surface area contributed by atoms with Crippen molar-refractivity contribution in [3.63, 3.8) is 0 Å². The molecule has 21 heavy (non-hydrogen) atoms. The smallest absolute Gasteiger partial charge is 0.222 e. The number of fused-ring (bicyclic) bond motifs is 2. The van der Waals surface area contributed by atoms with Crippen LogP contribution in [-0.2, 0) is 11.8 Å². The van der Waals surface area contributed by atoms with Crippen LogP contribution in [0.15, 0.2) is 0 Å². The first-order chi connectivity index (χ1) is 10.2. The molecular formula is C17H26N4. The number of rotatable bonds is 1. The summed E-state index contributed by atoms with van der Waals surface area (Å²) in [6, 6.07) is 0. The Balaban J connectivity index is 1.81. The third kappa shape index (κ3) is 2.11. The van der Waals surface area contributed by atoms with Gasteiger partial charge >= 0.3 is 0 Å². The highest BCUT2D eigenvalue weighted by Gasteiger charge is 2.42. The summed E-state index contributed by atoms with van der Waals surface area (Å²) >= 11 is 0. The molecule has 1 saturated heterocycles. The zero-order valence-corrected chi connectivity index (χ0v) is 13.1. The lowest BCUT2D eigenvalue weighted by molar-refractivity contribution is 0.357. The first-order valence-corrected chi connectivity index (χ1v) is 8.60. The summed E-state index contributed by atoms with van der Waals surface area (Å²) in [5.74, 6) is 2.41. The molecule has 4 rings (SSSR count). The molecular weight excluding hydrogens is 260 g/mol. The van der Waals surface area contributed by atoms with E-state index in [-0.39, 0.29) is 0 Å². The van der Waals surface area contributed by atoms with Gasteiger partial charge in [0.25, 0.3) is 0 Å². The Bertz CT molecular complexity index is 548. The SMILES string of the molecule is C[C@H]1CCN(c2nc(N)nc3c2CCCC32CCCC2)C1. The Labute approximate surface area is 127 Å².